The Hall–Kier alpha value is -0.890. The van der Waals surface area contributed by atoms with Crippen LogP contribution in [0.3, 0.4) is 0 Å². The van der Waals surface area contributed by atoms with Crippen LogP contribution in [0.4, 0.5) is 0 Å². The van der Waals surface area contributed by atoms with Gasteiger partial charge in [0.15, 0.2) is 0 Å². The van der Waals surface area contributed by atoms with E-state index in [2.05, 4.69) is 25.8 Å². The monoisotopic (exact) mass is 193 g/mol. The lowest BCUT2D eigenvalue weighted by Gasteiger charge is -2.23. The van der Waals surface area contributed by atoms with Gasteiger partial charge in [-0.25, -0.2) is 0 Å². The number of nitrogens with zero attached hydrogens (tertiary/aromatic N) is 1. The van der Waals surface area contributed by atoms with Crippen molar-refractivity contribution >= 4 is 0 Å². The van der Waals surface area contributed by atoms with Crippen LogP contribution in [-0.2, 0) is 0 Å². The zero-order chi connectivity index (χ0) is 10.7. The van der Waals surface area contributed by atoms with E-state index in [1.54, 1.807) is 6.20 Å². The number of pyridine rings is 1. The molecule has 0 bridgehead atoms. The molecule has 0 aliphatic heterocycles. The molecule has 0 radical (unpaired) electrons. The summed E-state index contributed by atoms with van der Waals surface area (Å²) in [6, 6.07) is 3.82. The maximum absolute atomic E-state index is 10.1. The number of aryl methyl sites for hydroxylation is 1. The van der Waals surface area contributed by atoms with Crippen LogP contribution in [0, 0.1) is 18.8 Å². The molecule has 1 heterocycles. The molecule has 0 amide bonds. The number of aromatic nitrogens is 1. The molecule has 2 unspecified atom stereocenters. The van der Waals surface area contributed by atoms with E-state index >= 15 is 0 Å². The molecule has 1 N–H and O–H groups in total. The van der Waals surface area contributed by atoms with Crippen molar-refractivity contribution in [2.45, 2.75) is 33.8 Å². The molecule has 0 aromatic carbocycles. The first kappa shape index (κ1) is 11.2. The van der Waals surface area contributed by atoms with Gasteiger partial charge in [-0.3, -0.25) is 4.98 Å². The second kappa shape index (κ2) is 4.56. The fraction of sp³-hybridized carbons (Fsp3) is 0.583. The van der Waals surface area contributed by atoms with Crippen molar-refractivity contribution in [2.75, 3.05) is 0 Å². The SMILES string of the molecule is Cc1ncccc1C(O)C(C)C(C)C. The van der Waals surface area contributed by atoms with Crippen molar-refractivity contribution in [1.29, 1.82) is 0 Å². The molecule has 2 atom stereocenters. The highest BCUT2D eigenvalue weighted by Gasteiger charge is 2.20. The quantitative estimate of drug-likeness (QED) is 0.800. The summed E-state index contributed by atoms with van der Waals surface area (Å²) < 4.78 is 0. The van der Waals surface area contributed by atoms with E-state index < -0.39 is 6.10 Å². The number of rotatable bonds is 3. The average Bonchev–Trinajstić information content (AvgIpc) is 2.16. The van der Waals surface area contributed by atoms with Gasteiger partial charge in [-0.05, 0) is 24.8 Å². The molecule has 78 valence electrons. The summed E-state index contributed by atoms with van der Waals surface area (Å²) in [5, 5.41) is 10.1. The lowest BCUT2D eigenvalue weighted by molar-refractivity contribution is 0.0912. The Labute approximate surface area is 86.0 Å². The third kappa shape index (κ3) is 2.32. The number of hydrogen-bond donors (Lipinski definition) is 1. The zero-order valence-corrected chi connectivity index (χ0v) is 9.36. The Kier molecular flexibility index (Phi) is 3.64. The van der Waals surface area contributed by atoms with E-state index in [1.165, 1.54) is 0 Å². The van der Waals surface area contributed by atoms with Crippen LogP contribution in [0.15, 0.2) is 18.3 Å². The molecule has 0 spiro atoms. The lowest BCUT2D eigenvalue weighted by Crippen LogP contribution is -2.16. The van der Waals surface area contributed by atoms with Gasteiger partial charge in [0.2, 0.25) is 0 Å². The average molecular weight is 193 g/mol. The molecule has 1 rings (SSSR count). The summed E-state index contributed by atoms with van der Waals surface area (Å²) >= 11 is 0. The normalized spacial score (nSPS) is 15.6. The summed E-state index contributed by atoms with van der Waals surface area (Å²) in [6.07, 6.45) is 1.36. The van der Waals surface area contributed by atoms with Crippen molar-refractivity contribution in [1.82, 2.24) is 4.98 Å². The summed E-state index contributed by atoms with van der Waals surface area (Å²) in [6.45, 7) is 8.26. The predicted molar refractivity (Wildman–Crippen MR) is 57.9 cm³/mol. The fourth-order valence-corrected chi connectivity index (χ4v) is 1.46. The van der Waals surface area contributed by atoms with Crippen LogP contribution in [0.2, 0.25) is 0 Å². The summed E-state index contributed by atoms with van der Waals surface area (Å²) in [5.74, 6) is 0.738. The van der Waals surface area contributed by atoms with E-state index in [9.17, 15) is 5.11 Å². The lowest BCUT2D eigenvalue weighted by atomic mass is 9.88. The molecule has 2 heteroatoms. The zero-order valence-electron chi connectivity index (χ0n) is 9.36. The first-order chi connectivity index (χ1) is 6.54. The van der Waals surface area contributed by atoms with E-state index in [4.69, 9.17) is 0 Å². The van der Waals surface area contributed by atoms with Gasteiger partial charge < -0.3 is 5.11 Å². The van der Waals surface area contributed by atoms with Gasteiger partial charge in [0.25, 0.3) is 0 Å². The minimum Gasteiger partial charge on any atom is -0.388 e. The van der Waals surface area contributed by atoms with Crippen LogP contribution < -0.4 is 0 Å². The molecule has 0 aliphatic carbocycles. The van der Waals surface area contributed by atoms with E-state index in [0.29, 0.717) is 5.92 Å². The number of aliphatic hydroxyl groups is 1. The van der Waals surface area contributed by atoms with Gasteiger partial charge in [0.1, 0.15) is 0 Å². The molecule has 0 aliphatic rings. The van der Waals surface area contributed by atoms with Gasteiger partial charge in [-0.2, -0.15) is 0 Å². The molecule has 1 aromatic rings. The highest BCUT2D eigenvalue weighted by molar-refractivity contribution is 5.21. The summed E-state index contributed by atoms with van der Waals surface area (Å²) in [4.78, 5) is 4.18. The summed E-state index contributed by atoms with van der Waals surface area (Å²) in [7, 11) is 0. The van der Waals surface area contributed by atoms with Crippen molar-refractivity contribution in [2.24, 2.45) is 11.8 Å². The highest BCUT2D eigenvalue weighted by atomic mass is 16.3. The maximum Gasteiger partial charge on any atom is 0.0835 e. The summed E-state index contributed by atoms with van der Waals surface area (Å²) in [5.41, 5.74) is 1.88. The molecule has 2 nitrogen and oxygen atoms in total. The second-order valence-electron chi connectivity index (χ2n) is 4.23. The van der Waals surface area contributed by atoms with Crippen molar-refractivity contribution in [3.63, 3.8) is 0 Å². The largest absolute Gasteiger partial charge is 0.388 e. The molecular formula is C12H19NO. The van der Waals surface area contributed by atoms with Crippen LogP contribution in [0.25, 0.3) is 0 Å². The number of aliphatic hydroxyl groups excluding tert-OH is 1. The van der Waals surface area contributed by atoms with E-state index in [1.807, 2.05) is 19.1 Å². The van der Waals surface area contributed by atoms with Crippen molar-refractivity contribution in [3.05, 3.63) is 29.6 Å². The minimum atomic E-state index is -0.399. The Balaban J connectivity index is 2.89. The van der Waals surface area contributed by atoms with Gasteiger partial charge in [0.05, 0.1) is 6.10 Å². The molecular weight excluding hydrogens is 174 g/mol. The van der Waals surface area contributed by atoms with Crippen LogP contribution in [-0.4, -0.2) is 10.1 Å². The fourth-order valence-electron chi connectivity index (χ4n) is 1.46. The Morgan fingerprint density at radius 1 is 1.29 bits per heavy atom. The highest BCUT2D eigenvalue weighted by Crippen LogP contribution is 2.28. The molecule has 0 fully saturated rings. The van der Waals surface area contributed by atoms with Crippen LogP contribution >= 0.6 is 0 Å². The topological polar surface area (TPSA) is 33.1 Å². The third-order valence-electron chi connectivity index (χ3n) is 2.92. The van der Waals surface area contributed by atoms with E-state index in [0.717, 1.165) is 11.3 Å². The van der Waals surface area contributed by atoms with Gasteiger partial charge in [-0.1, -0.05) is 26.8 Å². The number of hydrogen-bond acceptors (Lipinski definition) is 2. The third-order valence-corrected chi connectivity index (χ3v) is 2.92. The first-order valence-corrected chi connectivity index (χ1v) is 5.13. The molecule has 0 saturated heterocycles. The standard InChI is InChI=1S/C12H19NO/c1-8(2)9(3)12(14)11-6-5-7-13-10(11)4/h5-9,12,14H,1-4H3. The molecule has 0 saturated carbocycles. The maximum atomic E-state index is 10.1. The van der Waals surface area contributed by atoms with E-state index in [-0.39, 0.29) is 5.92 Å². The Bertz CT molecular complexity index is 296. The van der Waals surface area contributed by atoms with Gasteiger partial charge >= 0.3 is 0 Å². The Morgan fingerprint density at radius 3 is 2.43 bits per heavy atom. The van der Waals surface area contributed by atoms with Crippen LogP contribution in [0.5, 0.6) is 0 Å². The predicted octanol–water partition coefficient (Wildman–Crippen LogP) is 2.72. The molecule has 14 heavy (non-hydrogen) atoms. The second-order valence-corrected chi connectivity index (χ2v) is 4.23. The smallest absolute Gasteiger partial charge is 0.0835 e. The van der Waals surface area contributed by atoms with Crippen molar-refractivity contribution < 1.29 is 5.11 Å². The first-order valence-electron chi connectivity index (χ1n) is 5.13. The van der Waals surface area contributed by atoms with Gasteiger partial charge in [0, 0.05) is 17.5 Å². The van der Waals surface area contributed by atoms with Crippen molar-refractivity contribution in [3.8, 4) is 0 Å². The Morgan fingerprint density at radius 2 is 1.93 bits per heavy atom. The van der Waals surface area contributed by atoms with Gasteiger partial charge in [-0.15, -0.1) is 0 Å². The minimum absolute atomic E-state index is 0.262. The molecule has 1 aromatic heterocycles. The van der Waals surface area contributed by atoms with Crippen LogP contribution in [0.1, 0.15) is 38.1 Å².